The van der Waals surface area contributed by atoms with Crippen LogP contribution in [0.15, 0.2) is 18.2 Å². The Hall–Kier alpha value is -0.690. The van der Waals surface area contributed by atoms with Gasteiger partial charge in [-0.2, -0.15) is 0 Å². The molecule has 0 radical (unpaired) electrons. The minimum Gasteiger partial charge on any atom is -0.385 e. The molecule has 0 aliphatic rings. The largest absolute Gasteiger partial charge is 0.385 e. The molecule has 0 aliphatic carbocycles. The summed E-state index contributed by atoms with van der Waals surface area (Å²) >= 11 is 5.91. The molecule has 0 bridgehead atoms. The van der Waals surface area contributed by atoms with E-state index in [-0.39, 0.29) is 0 Å². The summed E-state index contributed by atoms with van der Waals surface area (Å²) in [4.78, 5) is 0. The lowest BCUT2D eigenvalue weighted by Crippen LogP contribution is -1.98. The van der Waals surface area contributed by atoms with Crippen molar-refractivity contribution in [1.82, 2.24) is 0 Å². The third-order valence-corrected chi connectivity index (χ3v) is 2.04. The highest BCUT2D eigenvalue weighted by atomic mass is 35.5. The van der Waals surface area contributed by atoms with Crippen molar-refractivity contribution in [2.24, 2.45) is 0 Å². The van der Waals surface area contributed by atoms with Gasteiger partial charge in [-0.1, -0.05) is 17.7 Å². The first kappa shape index (κ1) is 8.41. The van der Waals surface area contributed by atoms with Crippen molar-refractivity contribution in [2.75, 3.05) is 11.9 Å². The Morgan fingerprint density at radius 3 is 2.82 bits per heavy atom. The lowest BCUT2D eigenvalue weighted by atomic mass is 10.2. The van der Waals surface area contributed by atoms with Crippen LogP contribution in [0.4, 0.5) is 5.69 Å². The van der Waals surface area contributed by atoms with E-state index in [0.29, 0.717) is 0 Å². The van der Waals surface area contributed by atoms with E-state index in [4.69, 9.17) is 11.6 Å². The summed E-state index contributed by atoms with van der Waals surface area (Å²) in [7, 11) is 0. The van der Waals surface area contributed by atoms with Crippen LogP contribution in [-0.2, 0) is 0 Å². The van der Waals surface area contributed by atoms with E-state index < -0.39 is 0 Å². The zero-order chi connectivity index (χ0) is 8.27. The maximum Gasteiger partial charge on any atom is 0.0455 e. The standard InChI is InChI=1S/C9H12ClN/c1-3-11-9-6-4-5-8(10)7(9)2/h4-6,11H,3H2,1-2H3. The number of hydrogen-bond donors (Lipinski definition) is 1. The van der Waals surface area contributed by atoms with E-state index in [1.807, 2.05) is 25.1 Å². The van der Waals surface area contributed by atoms with Crippen LogP contribution in [0.2, 0.25) is 5.02 Å². The van der Waals surface area contributed by atoms with Gasteiger partial charge in [-0.05, 0) is 31.5 Å². The Bertz CT molecular complexity index is 245. The molecule has 2 heteroatoms. The Labute approximate surface area is 72.4 Å². The van der Waals surface area contributed by atoms with Crippen LogP contribution in [0.25, 0.3) is 0 Å². The monoisotopic (exact) mass is 169 g/mol. The molecule has 0 amide bonds. The lowest BCUT2D eigenvalue weighted by Gasteiger charge is -2.07. The van der Waals surface area contributed by atoms with Gasteiger partial charge in [0.1, 0.15) is 0 Å². The second-order valence-electron chi connectivity index (χ2n) is 2.44. The van der Waals surface area contributed by atoms with E-state index in [2.05, 4.69) is 12.2 Å². The number of nitrogens with one attached hydrogen (secondary N) is 1. The second kappa shape index (κ2) is 3.63. The molecule has 60 valence electrons. The molecule has 0 spiro atoms. The first-order valence-corrected chi connectivity index (χ1v) is 4.12. The predicted octanol–water partition coefficient (Wildman–Crippen LogP) is 3.08. The van der Waals surface area contributed by atoms with Gasteiger partial charge in [0.25, 0.3) is 0 Å². The molecule has 1 N–H and O–H groups in total. The zero-order valence-electron chi connectivity index (χ0n) is 6.82. The smallest absolute Gasteiger partial charge is 0.0455 e. The molecule has 0 aliphatic heterocycles. The van der Waals surface area contributed by atoms with Crippen molar-refractivity contribution in [3.05, 3.63) is 28.8 Å². The summed E-state index contributed by atoms with van der Waals surface area (Å²) in [6, 6.07) is 5.88. The molecule has 1 nitrogen and oxygen atoms in total. The van der Waals surface area contributed by atoms with Gasteiger partial charge in [0.05, 0.1) is 0 Å². The Morgan fingerprint density at radius 2 is 2.18 bits per heavy atom. The Balaban J connectivity index is 2.96. The number of anilines is 1. The van der Waals surface area contributed by atoms with Gasteiger partial charge >= 0.3 is 0 Å². The van der Waals surface area contributed by atoms with Gasteiger partial charge in [-0.25, -0.2) is 0 Å². The van der Waals surface area contributed by atoms with Crippen LogP contribution in [0.3, 0.4) is 0 Å². The molecule has 0 saturated carbocycles. The summed E-state index contributed by atoms with van der Waals surface area (Å²) < 4.78 is 0. The molecule has 0 heterocycles. The van der Waals surface area contributed by atoms with Crippen molar-refractivity contribution in [3.63, 3.8) is 0 Å². The predicted molar refractivity (Wildman–Crippen MR) is 50.4 cm³/mol. The van der Waals surface area contributed by atoms with Gasteiger partial charge in [0.2, 0.25) is 0 Å². The van der Waals surface area contributed by atoms with Gasteiger partial charge in [-0.3, -0.25) is 0 Å². The first-order valence-electron chi connectivity index (χ1n) is 3.74. The van der Waals surface area contributed by atoms with Crippen molar-refractivity contribution < 1.29 is 0 Å². The summed E-state index contributed by atoms with van der Waals surface area (Å²) in [5.41, 5.74) is 2.25. The van der Waals surface area contributed by atoms with E-state index in [0.717, 1.165) is 22.8 Å². The molecule has 1 rings (SSSR count). The van der Waals surface area contributed by atoms with Crippen LogP contribution in [0.5, 0.6) is 0 Å². The summed E-state index contributed by atoms with van der Waals surface area (Å²) in [5, 5.41) is 4.05. The fourth-order valence-electron chi connectivity index (χ4n) is 0.989. The Kier molecular flexibility index (Phi) is 2.77. The Morgan fingerprint density at radius 1 is 1.45 bits per heavy atom. The molecule has 1 aromatic carbocycles. The zero-order valence-corrected chi connectivity index (χ0v) is 7.57. The number of halogens is 1. The highest BCUT2D eigenvalue weighted by Gasteiger charge is 1.98. The highest BCUT2D eigenvalue weighted by molar-refractivity contribution is 6.31. The minimum atomic E-state index is 0.823. The van der Waals surface area contributed by atoms with Crippen LogP contribution in [0, 0.1) is 6.92 Å². The van der Waals surface area contributed by atoms with Gasteiger partial charge < -0.3 is 5.32 Å². The van der Waals surface area contributed by atoms with Crippen molar-refractivity contribution >= 4 is 17.3 Å². The maximum atomic E-state index is 5.91. The van der Waals surface area contributed by atoms with E-state index in [1.54, 1.807) is 0 Å². The molecule has 11 heavy (non-hydrogen) atoms. The van der Waals surface area contributed by atoms with Crippen molar-refractivity contribution in [2.45, 2.75) is 13.8 Å². The summed E-state index contributed by atoms with van der Waals surface area (Å²) in [5.74, 6) is 0. The number of hydrogen-bond acceptors (Lipinski definition) is 1. The fourth-order valence-corrected chi connectivity index (χ4v) is 1.16. The van der Waals surface area contributed by atoms with Crippen LogP contribution < -0.4 is 5.32 Å². The molecule has 0 saturated heterocycles. The molecule has 0 aromatic heterocycles. The first-order chi connectivity index (χ1) is 5.25. The van der Waals surface area contributed by atoms with Crippen molar-refractivity contribution in [1.29, 1.82) is 0 Å². The molecule has 0 unspecified atom stereocenters. The van der Waals surface area contributed by atoms with Crippen LogP contribution >= 0.6 is 11.6 Å². The van der Waals surface area contributed by atoms with Gasteiger partial charge in [0.15, 0.2) is 0 Å². The second-order valence-corrected chi connectivity index (χ2v) is 2.85. The average molecular weight is 170 g/mol. The van der Waals surface area contributed by atoms with E-state index in [1.165, 1.54) is 0 Å². The third-order valence-electron chi connectivity index (χ3n) is 1.63. The normalized spacial score (nSPS) is 9.73. The SMILES string of the molecule is CCNc1cccc(Cl)c1C. The van der Waals surface area contributed by atoms with Gasteiger partial charge in [-0.15, -0.1) is 0 Å². The molecular weight excluding hydrogens is 158 g/mol. The number of benzene rings is 1. The maximum absolute atomic E-state index is 5.91. The quantitative estimate of drug-likeness (QED) is 0.718. The lowest BCUT2D eigenvalue weighted by molar-refractivity contribution is 1.20. The number of rotatable bonds is 2. The molecule has 0 fully saturated rings. The third kappa shape index (κ3) is 1.87. The molecule has 0 atom stereocenters. The fraction of sp³-hybridized carbons (Fsp3) is 0.333. The minimum absolute atomic E-state index is 0.823. The van der Waals surface area contributed by atoms with Crippen LogP contribution in [0.1, 0.15) is 12.5 Å². The van der Waals surface area contributed by atoms with E-state index >= 15 is 0 Å². The highest BCUT2D eigenvalue weighted by Crippen LogP contribution is 2.22. The topological polar surface area (TPSA) is 12.0 Å². The average Bonchev–Trinajstić information content (AvgIpc) is 1.99. The van der Waals surface area contributed by atoms with Crippen molar-refractivity contribution in [3.8, 4) is 0 Å². The molecule has 1 aromatic rings. The summed E-state index contributed by atoms with van der Waals surface area (Å²) in [6.45, 7) is 5.02. The van der Waals surface area contributed by atoms with E-state index in [9.17, 15) is 0 Å². The van der Waals surface area contributed by atoms with Crippen LogP contribution in [-0.4, -0.2) is 6.54 Å². The molecular formula is C9H12ClN. The van der Waals surface area contributed by atoms with Gasteiger partial charge in [0, 0.05) is 17.3 Å². The summed E-state index contributed by atoms with van der Waals surface area (Å²) in [6.07, 6.45) is 0.